The van der Waals surface area contributed by atoms with Crippen LogP contribution in [0.1, 0.15) is 11.1 Å². The van der Waals surface area contributed by atoms with E-state index in [2.05, 4.69) is 20.9 Å². The van der Waals surface area contributed by atoms with Gasteiger partial charge in [0.25, 0.3) is 0 Å². The average molecular weight is 308 g/mol. The number of rotatable bonds is 3. The van der Waals surface area contributed by atoms with E-state index in [9.17, 15) is 10.1 Å². The van der Waals surface area contributed by atoms with Crippen LogP contribution in [0.3, 0.4) is 0 Å². The summed E-state index contributed by atoms with van der Waals surface area (Å²) in [6.45, 7) is 0. The quantitative estimate of drug-likeness (QED) is 0.698. The maximum Gasteiger partial charge on any atom is 0.311 e. The number of hydrogen-bond donors (Lipinski definition) is 1. The predicted octanol–water partition coefficient (Wildman–Crippen LogP) is 2.93. The van der Waals surface area contributed by atoms with Gasteiger partial charge in [-0.15, -0.1) is 0 Å². The monoisotopic (exact) mass is 307 g/mol. The lowest BCUT2D eigenvalue weighted by molar-refractivity contribution is -0.384. The number of halogens is 1. The number of nitrogen functional groups attached to an aromatic ring is 1. The van der Waals surface area contributed by atoms with E-state index in [-0.39, 0.29) is 11.5 Å². The van der Waals surface area contributed by atoms with Gasteiger partial charge in [0.15, 0.2) is 0 Å². The Labute approximate surface area is 112 Å². The zero-order chi connectivity index (χ0) is 13.1. The molecule has 18 heavy (non-hydrogen) atoms. The lowest BCUT2D eigenvalue weighted by Gasteiger charge is -2.03. The third kappa shape index (κ3) is 2.84. The molecule has 0 aliphatic carbocycles. The third-order valence-electron chi connectivity index (χ3n) is 2.47. The highest BCUT2D eigenvalue weighted by Gasteiger charge is 2.13. The van der Waals surface area contributed by atoms with Crippen molar-refractivity contribution >= 4 is 27.4 Å². The Kier molecular flexibility index (Phi) is 3.57. The maximum absolute atomic E-state index is 10.8. The topological polar surface area (TPSA) is 82.0 Å². The lowest BCUT2D eigenvalue weighted by atomic mass is 10.1. The lowest BCUT2D eigenvalue weighted by Crippen LogP contribution is -2.00. The van der Waals surface area contributed by atoms with Gasteiger partial charge >= 0.3 is 5.69 Å². The maximum atomic E-state index is 10.8. The summed E-state index contributed by atoms with van der Waals surface area (Å²) in [5.74, 6) is -0.0560. The van der Waals surface area contributed by atoms with Gasteiger partial charge in [0.05, 0.1) is 4.92 Å². The van der Waals surface area contributed by atoms with Crippen LogP contribution in [-0.4, -0.2) is 9.91 Å². The summed E-state index contributed by atoms with van der Waals surface area (Å²) in [6, 6.07) is 9.21. The molecule has 6 heteroatoms. The summed E-state index contributed by atoms with van der Waals surface area (Å²) in [5, 5.41) is 10.8. The van der Waals surface area contributed by atoms with Gasteiger partial charge in [-0.2, -0.15) is 0 Å². The highest BCUT2D eigenvalue weighted by Crippen LogP contribution is 2.21. The number of hydrogen-bond acceptors (Lipinski definition) is 4. The van der Waals surface area contributed by atoms with Crippen molar-refractivity contribution in [1.29, 1.82) is 0 Å². The number of benzene rings is 1. The van der Waals surface area contributed by atoms with E-state index in [0.717, 1.165) is 15.6 Å². The molecule has 0 saturated carbocycles. The van der Waals surface area contributed by atoms with Gasteiger partial charge in [-0.25, -0.2) is 4.98 Å². The molecule has 2 aromatic rings. The fourth-order valence-electron chi connectivity index (χ4n) is 1.59. The first-order chi connectivity index (χ1) is 8.56. The first-order valence-electron chi connectivity index (χ1n) is 5.19. The smallest absolute Gasteiger partial charge is 0.311 e. The molecule has 2 N–H and O–H groups in total. The summed E-state index contributed by atoms with van der Waals surface area (Å²) in [7, 11) is 0. The fraction of sp³-hybridized carbons (Fsp3) is 0.0833. The van der Waals surface area contributed by atoms with Gasteiger partial charge in [0.1, 0.15) is 0 Å². The van der Waals surface area contributed by atoms with Gasteiger partial charge < -0.3 is 5.73 Å². The summed E-state index contributed by atoms with van der Waals surface area (Å²) in [6.07, 6.45) is 2.14. The summed E-state index contributed by atoms with van der Waals surface area (Å²) in [4.78, 5) is 14.1. The van der Waals surface area contributed by atoms with Crippen LogP contribution in [0.4, 0.5) is 11.5 Å². The Hall–Kier alpha value is -1.95. The van der Waals surface area contributed by atoms with Crippen LogP contribution in [0.25, 0.3) is 0 Å². The molecule has 5 nitrogen and oxygen atoms in total. The molecule has 0 fully saturated rings. The molecule has 0 saturated heterocycles. The van der Waals surface area contributed by atoms with Crippen LogP contribution in [0.15, 0.2) is 41.0 Å². The molecule has 92 valence electrons. The molecule has 0 aliphatic heterocycles. The molecule has 1 aromatic carbocycles. The summed E-state index contributed by atoms with van der Waals surface area (Å²) in [5.41, 5.74) is 7.11. The molecule has 1 aromatic heterocycles. The molecule has 0 aliphatic rings. The average Bonchev–Trinajstić information content (AvgIpc) is 2.34. The number of anilines is 1. The highest BCUT2D eigenvalue weighted by molar-refractivity contribution is 9.10. The number of nitrogens with two attached hydrogens (primary N) is 1. The molecular weight excluding hydrogens is 298 g/mol. The Morgan fingerprint density at radius 3 is 2.56 bits per heavy atom. The number of nitrogens with zero attached hydrogens (tertiary/aromatic N) is 2. The predicted molar refractivity (Wildman–Crippen MR) is 72.3 cm³/mol. The number of aromatic nitrogens is 1. The van der Waals surface area contributed by atoms with Crippen molar-refractivity contribution in [2.75, 3.05) is 5.73 Å². The Morgan fingerprint density at radius 1 is 1.28 bits per heavy atom. The van der Waals surface area contributed by atoms with Gasteiger partial charge in [-0.3, -0.25) is 10.1 Å². The summed E-state index contributed by atoms with van der Waals surface area (Å²) >= 11 is 3.35. The van der Waals surface area contributed by atoms with Crippen molar-refractivity contribution in [3.8, 4) is 0 Å². The SMILES string of the molecule is Nc1ncc(Cc2ccc(Br)cc2)cc1[N+](=O)[O-]. The molecule has 0 radical (unpaired) electrons. The van der Waals surface area contributed by atoms with Crippen molar-refractivity contribution in [2.45, 2.75) is 6.42 Å². The van der Waals surface area contributed by atoms with Crippen molar-refractivity contribution in [3.05, 3.63) is 62.2 Å². The van der Waals surface area contributed by atoms with E-state index < -0.39 is 4.92 Å². The minimum absolute atomic E-state index is 0.0560. The first kappa shape index (κ1) is 12.5. The minimum Gasteiger partial charge on any atom is -0.378 e. The molecule has 0 spiro atoms. The van der Waals surface area contributed by atoms with E-state index in [4.69, 9.17) is 5.73 Å². The fourth-order valence-corrected chi connectivity index (χ4v) is 1.85. The highest BCUT2D eigenvalue weighted by atomic mass is 79.9. The molecule has 1 heterocycles. The van der Waals surface area contributed by atoms with Crippen LogP contribution in [-0.2, 0) is 6.42 Å². The van der Waals surface area contributed by atoms with Crippen molar-refractivity contribution in [3.63, 3.8) is 0 Å². The number of pyridine rings is 1. The van der Waals surface area contributed by atoms with Gasteiger partial charge in [-0.05, 0) is 29.7 Å². The molecule has 0 atom stereocenters. The molecule has 0 unspecified atom stereocenters. The van der Waals surface area contributed by atoms with Crippen molar-refractivity contribution in [1.82, 2.24) is 4.98 Å². The van der Waals surface area contributed by atoms with Crippen molar-refractivity contribution < 1.29 is 4.92 Å². The number of nitro groups is 1. The zero-order valence-electron chi connectivity index (χ0n) is 9.34. The zero-order valence-corrected chi connectivity index (χ0v) is 10.9. The second-order valence-corrected chi connectivity index (χ2v) is 4.72. The Bertz CT molecular complexity index is 584. The van der Waals surface area contributed by atoms with Crippen LogP contribution < -0.4 is 5.73 Å². The van der Waals surface area contributed by atoms with E-state index in [1.807, 2.05) is 24.3 Å². The molecule has 2 rings (SSSR count). The van der Waals surface area contributed by atoms with E-state index in [0.29, 0.717) is 6.42 Å². The molecular formula is C12H10BrN3O2. The van der Waals surface area contributed by atoms with E-state index in [1.165, 1.54) is 6.07 Å². The Balaban J connectivity index is 2.27. The van der Waals surface area contributed by atoms with Crippen LogP contribution in [0, 0.1) is 10.1 Å². The van der Waals surface area contributed by atoms with Gasteiger partial charge in [-0.1, -0.05) is 28.1 Å². The second kappa shape index (κ2) is 5.14. The van der Waals surface area contributed by atoms with Gasteiger partial charge in [0, 0.05) is 16.7 Å². The molecule has 0 amide bonds. The third-order valence-corrected chi connectivity index (χ3v) is 3.00. The van der Waals surface area contributed by atoms with Crippen LogP contribution >= 0.6 is 15.9 Å². The van der Waals surface area contributed by atoms with Crippen LogP contribution in [0.2, 0.25) is 0 Å². The standard InChI is InChI=1S/C12H10BrN3O2/c13-10-3-1-8(2-4-10)5-9-6-11(16(17)18)12(14)15-7-9/h1-4,6-7H,5H2,(H2,14,15). The van der Waals surface area contributed by atoms with E-state index >= 15 is 0 Å². The van der Waals surface area contributed by atoms with Crippen LogP contribution in [0.5, 0.6) is 0 Å². The summed E-state index contributed by atoms with van der Waals surface area (Å²) < 4.78 is 0.993. The largest absolute Gasteiger partial charge is 0.378 e. The molecule has 0 bridgehead atoms. The van der Waals surface area contributed by atoms with Crippen molar-refractivity contribution in [2.24, 2.45) is 0 Å². The van der Waals surface area contributed by atoms with Gasteiger partial charge in [0.2, 0.25) is 5.82 Å². The normalized spacial score (nSPS) is 10.3. The first-order valence-corrected chi connectivity index (χ1v) is 5.99. The van der Waals surface area contributed by atoms with E-state index in [1.54, 1.807) is 6.20 Å². The minimum atomic E-state index is -0.520. The second-order valence-electron chi connectivity index (χ2n) is 3.81. The Morgan fingerprint density at radius 2 is 1.94 bits per heavy atom.